The second kappa shape index (κ2) is 2.69. The number of benzene rings is 1. The summed E-state index contributed by atoms with van der Waals surface area (Å²) in [7, 11) is 0. The smallest absolute Gasteiger partial charge is 0.0826 e. The molecule has 0 saturated heterocycles. The lowest BCUT2D eigenvalue weighted by atomic mass is 10.3. The number of hydrogen-bond donors (Lipinski definition) is 0. The van der Waals surface area contributed by atoms with Crippen molar-refractivity contribution >= 4 is 22.2 Å². The molecule has 5 heteroatoms. The molecule has 4 nitrogen and oxygen atoms in total. The van der Waals surface area contributed by atoms with Gasteiger partial charge in [-0.3, -0.25) is 4.21 Å². The van der Waals surface area contributed by atoms with Crippen LogP contribution in [0.5, 0.6) is 0 Å². The van der Waals surface area contributed by atoms with E-state index in [9.17, 15) is 8.76 Å². The van der Waals surface area contributed by atoms with Gasteiger partial charge in [-0.05, 0) is 6.07 Å². The van der Waals surface area contributed by atoms with E-state index in [0.717, 1.165) is 9.47 Å². The van der Waals surface area contributed by atoms with E-state index in [2.05, 4.69) is 5.10 Å². The standard InChI is InChI=1S/C7H6N2O2S/c10-12(11)9-7-4-2-1-3-6(7)5-8-9/h1-5H,(H,10,11)/p-1. The Labute approximate surface area is 71.2 Å². The maximum Gasteiger partial charge on any atom is 0.0826 e. The van der Waals surface area contributed by atoms with Crippen molar-refractivity contribution in [2.24, 2.45) is 0 Å². The van der Waals surface area contributed by atoms with Gasteiger partial charge in [0.25, 0.3) is 0 Å². The number of para-hydroxylation sites is 1. The van der Waals surface area contributed by atoms with Crippen molar-refractivity contribution in [3.8, 4) is 0 Å². The number of hydrogen-bond acceptors (Lipinski definition) is 3. The average Bonchev–Trinajstić information content (AvgIpc) is 2.47. The molecule has 2 rings (SSSR count). The molecule has 1 atom stereocenters. The molecular formula is C7H5N2O2S-. The minimum absolute atomic E-state index is 0.603. The molecule has 0 aliphatic heterocycles. The fourth-order valence-corrected chi connectivity index (χ4v) is 1.52. The van der Waals surface area contributed by atoms with Crippen LogP contribution in [0.25, 0.3) is 10.9 Å². The van der Waals surface area contributed by atoms with Gasteiger partial charge in [-0.15, -0.1) is 0 Å². The molecule has 0 N–H and O–H groups in total. The largest absolute Gasteiger partial charge is 0.754 e. The lowest BCUT2D eigenvalue weighted by Crippen LogP contribution is -2.03. The minimum atomic E-state index is -2.32. The van der Waals surface area contributed by atoms with Crippen molar-refractivity contribution in [3.63, 3.8) is 0 Å². The minimum Gasteiger partial charge on any atom is -0.754 e. The Hall–Kier alpha value is -1.20. The molecule has 1 aromatic heterocycles. The van der Waals surface area contributed by atoms with Crippen LogP contribution in [-0.4, -0.2) is 17.9 Å². The Morgan fingerprint density at radius 3 is 2.92 bits per heavy atom. The monoisotopic (exact) mass is 181 g/mol. The van der Waals surface area contributed by atoms with Gasteiger partial charge in [0.15, 0.2) is 0 Å². The first-order chi connectivity index (χ1) is 5.79. The molecule has 1 heterocycles. The zero-order valence-electron chi connectivity index (χ0n) is 6.01. The maximum absolute atomic E-state index is 10.6. The van der Waals surface area contributed by atoms with Crippen LogP contribution >= 0.6 is 0 Å². The van der Waals surface area contributed by atoms with E-state index in [1.165, 1.54) is 6.20 Å². The third-order valence-electron chi connectivity index (χ3n) is 1.59. The van der Waals surface area contributed by atoms with Gasteiger partial charge in [0.1, 0.15) is 0 Å². The topological polar surface area (TPSA) is 57.9 Å². The summed E-state index contributed by atoms with van der Waals surface area (Å²) in [6, 6.07) is 7.12. The summed E-state index contributed by atoms with van der Waals surface area (Å²) in [4.78, 5) is 0. The van der Waals surface area contributed by atoms with Gasteiger partial charge in [-0.25, -0.2) is 0 Å². The van der Waals surface area contributed by atoms with Crippen LogP contribution < -0.4 is 0 Å². The molecule has 1 aromatic carbocycles. The van der Waals surface area contributed by atoms with E-state index >= 15 is 0 Å². The SMILES string of the molecule is O=S([O-])n1ncc2ccccc21. The Bertz CT molecular complexity index is 438. The summed E-state index contributed by atoms with van der Waals surface area (Å²) >= 11 is -2.32. The molecule has 0 aliphatic rings. The molecule has 0 spiro atoms. The quantitative estimate of drug-likeness (QED) is 0.608. The number of nitrogens with zero attached hydrogens (tertiary/aromatic N) is 2. The summed E-state index contributed by atoms with van der Waals surface area (Å²) in [5, 5.41) is 4.52. The van der Waals surface area contributed by atoms with Gasteiger partial charge in [-0.1, -0.05) is 18.2 Å². The van der Waals surface area contributed by atoms with Crippen molar-refractivity contribution < 1.29 is 8.76 Å². The molecule has 0 radical (unpaired) electrons. The molecule has 2 aromatic rings. The zero-order valence-corrected chi connectivity index (χ0v) is 6.82. The molecule has 0 fully saturated rings. The Morgan fingerprint density at radius 1 is 1.42 bits per heavy atom. The highest BCUT2D eigenvalue weighted by Gasteiger charge is 1.99. The molecule has 0 amide bonds. The van der Waals surface area contributed by atoms with Crippen molar-refractivity contribution in [1.29, 1.82) is 0 Å². The molecule has 0 bridgehead atoms. The fourth-order valence-electron chi connectivity index (χ4n) is 1.07. The van der Waals surface area contributed by atoms with E-state index in [0.29, 0.717) is 5.52 Å². The van der Waals surface area contributed by atoms with Gasteiger partial charge in [0.05, 0.1) is 23.0 Å². The summed E-state index contributed by atoms with van der Waals surface area (Å²) < 4.78 is 22.1. The van der Waals surface area contributed by atoms with E-state index in [-0.39, 0.29) is 0 Å². The van der Waals surface area contributed by atoms with Gasteiger partial charge in [-0.2, -0.15) is 9.19 Å². The summed E-state index contributed by atoms with van der Waals surface area (Å²) in [5.41, 5.74) is 0.603. The van der Waals surface area contributed by atoms with Gasteiger partial charge < -0.3 is 4.55 Å². The highest BCUT2D eigenvalue weighted by molar-refractivity contribution is 7.77. The molecular weight excluding hydrogens is 176 g/mol. The first-order valence-electron chi connectivity index (χ1n) is 3.31. The van der Waals surface area contributed by atoms with Gasteiger partial charge in [0.2, 0.25) is 0 Å². The predicted molar refractivity (Wildman–Crippen MR) is 44.1 cm³/mol. The summed E-state index contributed by atoms with van der Waals surface area (Å²) in [6.45, 7) is 0. The van der Waals surface area contributed by atoms with Crippen LogP contribution in [-0.2, 0) is 11.3 Å². The predicted octanol–water partition coefficient (Wildman–Crippen LogP) is 0.678. The van der Waals surface area contributed by atoms with Crippen LogP contribution in [0.3, 0.4) is 0 Å². The molecule has 12 heavy (non-hydrogen) atoms. The third kappa shape index (κ3) is 1.03. The summed E-state index contributed by atoms with van der Waals surface area (Å²) in [5.74, 6) is 0. The first kappa shape index (κ1) is 7.45. The van der Waals surface area contributed by atoms with Crippen molar-refractivity contribution in [3.05, 3.63) is 30.5 Å². The Kier molecular flexibility index (Phi) is 1.67. The maximum atomic E-state index is 10.6. The average molecular weight is 181 g/mol. The lowest BCUT2D eigenvalue weighted by Gasteiger charge is -2.04. The third-order valence-corrected chi connectivity index (χ3v) is 2.16. The normalized spacial score (nSPS) is 13.4. The Morgan fingerprint density at radius 2 is 2.17 bits per heavy atom. The van der Waals surface area contributed by atoms with Crippen LogP contribution in [0.15, 0.2) is 30.5 Å². The fraction of sp³-hybridized carbons (Fsp3) is 0. The van der Waals surface area contributed by atoms with Crippen LogP contribution in [0.1, 0.15) is 0 Å². The van der Waals surface area contributed by atoms with Crippen molar-refractivity contribution in [2.45, 2.75) is 0 Å². The van der Waals surface area contributed by atoms with Crippen LogP contribution in [0.4, 0.5) is 0 Å². The lowest BCUT2D eigenvalue weighted by molar-refractivity contribution is 0.523. The second-order valence-electron chi connectivity index (χ2n) is 2.29. The molecule has 62 valence electrons. The second-order valence-corrected chi connectivity index (χ2v) is 3.07. The van der Waals surface area contributed by atoms with Crippen molar-refractivity contribution in [2.75, 3.05) is 0 Å². The number of rotatable bonds is 1. The molecule has 1 unspecified atom stereocenters. The summed E-state index contributed by atoms with van der Waals surface area (Å²) in [6.07, 6.45) is 1.52. The highest BCUT2D eigenvalue weighted by atomic mass is 32.2. The van der Waals surface area contributed by atoms with Crippen LogP contribution in [0, 0.1) is 0 Å². The van der Waals surface area contributed by atoms with Crippen LogP contribution in [0.2, 0.25) is 0 Å². The van der Waals surface area contributed by atoms with E-state index in [4.69, 9.17) is 0 Å². The molecule has 0 saturated carbocycles. The molecule has 0 aliphatic carbocycles. The van der Waals surface area contributed by atoms with E-state index < -0.39 is 11.3 Å². The van der Waals surface area contributed by atoms with Gasteiger partial charge in [0, 0.05) is 5.39 Å². The highest BCUT2D eigenvalue weighted by Crippen LogP contribution is 2.12. The van der Waals surface area contributed by atoms with E-state index in [1.807, 2.05) is 12.1 Å². The van der Waals surface area contributed by atoms with Crippen molar-refractivity contribution in [1.82, 2.24) is 9.19 Å². The van der Waals surface area contributed by atoms with Gasteiger partial charge >= 0.3 is 0 Å². The zero-order chi connectivity index (χ0) is 8.55. The Balaban J connectivity index is 2.79. The first-order valence-corrected chi connectivity index (χ1v) is 4.35. The number of fused-ring (bicyclic) bond motifs is 1. The van der Waals surface area contributed by atoms with E-state index in [1.54, 1.807) is 12.1 Å². The number of aromatic nitrogens is 2.